The number of aromatic nitrogens is 1. The fourth-order valence-electron chi connectivity index (χ4n) is 3.60. The molecule has 2 atom stereocenters. The van der Waals surface area contributed by atoms with Crippen molar-refractivity contribution >= 4 is 18.3 Å². The molecule has 1 aromatic heterocycles. The second kappa shape index (κ2) is 6.77. The number of likely N-dealkylation sites (tertiary alicyclic amines) is 1. The lowest BCUT2D eigenvalue weighted by Gasteiger charge is -2.23. The predicted octanol–water partition coefficient (Wildman–Crippen LogP) is 3.07. The van der Waals surface area contributed by atoms with Crippen LogP contribution in [0.3, 0.4) is 0 Å². The minimum Gasteiger partial charge on any atom is -0.351 e. The quantitative estimate of drug-likeness (QED) is 0.888. The molecule has 2 aliphatic rings. The Morgan fingerprint density at radius 2 is 1.78 bits per heavy atom. The normalized spacial score (nSPS) is 23.2. The SMILES string of the molecule is Cl.O=C(c1ccc(-c2ccccc2)[nH]1)N1CCC2CCC(C1)N2. The van der Waals surface area contributed by atoms with Crippen LogP contribution in [0, 0.1) is 0 Å². The number of rotatable bonds is 2. The molecule has 2 bridgehead atoms. The molecular formula is C18H22ClN3O. The van der Waals surface area contributed by atoms with Gasteiger partial charge in [0, 0.05) is 30.9 Å². The van der Waals surface area contributed by atoms with E-state index in [0.717, 1.165) is 30.8 Å². The van der Waals surface area contributed by atoms with E-state index in [1.54, 1.807) is 0 Å². The van der Waals surface area contributed by atoms with E-state index < -0.39 is 0 Å². The summed E-state index contributed by atoms with van der Waals surface area (Å²) in [5.41, 5.74) is 2.80. The first-order valence-electron chi connectivity index (χ1n) is 8.09. The molecule has 3 heterocycles. The zero-order chi connectivity index (χ0) is 14.9. The van der Waals surface area contributed by atoms with E-state index in [-0.39, 0.29) is 18.3 Å². The summed E-state index contributed by atoms with van der Waals surface area (Å²) in [7, 11) is 0. The minimum atomic E-state index is 0. The van der Waals surface area contributed by atoms with Gasteiger partial charge in [-0.15, -0.1) is 12.4 Å². The first-order chi connectivity index (χ1) is 10.8. The lowest BCUT2D eigenvalue weighted by Crippen LogP contribution is -2.39. The molecule has 4 rings (SSSR count). The van der Waals surface area contributed by atoms with Gasteiger partial charge < -0.3 is 15.2 Å². The fourth-order valence-corrected chi connectivity index (χ4v) is 3.60. The number of carbonyl (C=O) groups is 1. The molecule has 1 aromatic carbocycles. The van der Waals surface area contributed by atoms with Crippen LogP contribution < -0.4 is 5.32 Å². The topological polar surface area (TPSA) is 48.1 Å². The van der Waals surface area contributed by atoms with Gasteiger partial charge in [-0.3, -0.25) is 4.79 Å². The van der Waals surface area contributed by atoms with Gasteiger partial charge in [0.1, 0.15) is 5.69 Å². The summed E-state index contributed by atoms with van der Waals surface area (Å²) in [5.74, 6) is 0.122. The minimum absolute atomic E-state index is 0. The second-order valence-electron chi connectivity index (χ2n) is 6.33. The van der Waals surface area contributed by atoms with Gasteiger partial charge in [0.05, 0.1) is 0 Å². The molecule has 1 amide bonds. The van der Waals surface area contributed by atoms with Crippen LogP contribution in [0.5, 0.6) is 0 Å². The molecule has 2 saturated heterocycles. The monoisotopic (exact) mass is 331 g/mol. The number of aromatic amines is 1. The number of nitrogens with one attached hydrogen (secondary N) is 2. The number of carbonyl (C=O) groups excluding carboxylic acids is 1. The summed E-state index contributed by atoms with van der Waals surface area (Å²) in [6.07, 6.45) is 3.51. The molecule has 2 fully saturated rings. The Balaban J connectivity index is 0.00000156. The van der Waals surface area contributed by atoms with Crippen molar-refractivity contribution in [2.75, 3.05) is 13.1 Å². The third-order valence-corrected chi connectivity index (χ3v) is 4.81. The lowest BCUT2D eigenvalue weighted by atomic mass is 10.1. The summed E-state index contributed by atoms with van der Waals surface area (Å²) in [6, 6.07) is 15.1. The second-order valence-corrected chi connectivity index (χ2v) is 6.33. The van der Waals surface area contributed by atoms with Crippen LogP contribution in [0.1, 0.15) is 29.8 Å². The summed E-state index contributed by atoms with van der Waals surface area (Å²) in [4.78, 5) is 18.0. The molecule has 0 saturated carbocycles. The zero-order valence-corrected chi connectivity index (χ0v) is 13.8. The Hall–Kier alpha value is -1.78. The van der Waals surface area contributed by atoms with Crippen molar-refractivity contribution in [3.63, 3.8) is 0 Å². The Labute approximate surface area is 142 Å². The molecule has 23 heavy (non-hydrogen) atoms. The Morgan fingerprint density at radius 3 is 2.61 bits per heavy atom. The molecule has 2 aromatic rings. The molecule has 4 nitrogen and oxygen atoms in total. The maximum absolute atomic E-state index is 12.7. The van der Waals surface area contributed by atoms with E-state index in [1.165, 1.54) is 12.8 Å². The largest absolute Gasteiger partial charge is 0.351 e. The summed E-state index contributed by atoms with van der Waals surface area (Å²) in [5, 5.41) is 3.62. The van der Waals surface area contributed by atoms with Crippen molar-refractivity contribution < 1.29 is 4.79 Å². The van der Waals surface area contributed by atoms with Crippen LogP contribution in [-0.4, -0.2) is 41.0 Å². The van der Waals surface area contributed by atoms with Crippen molar-refractivity contribution in [3.05, 3.63) is 48.2 Å². The number of amides is 1. The van der Waals surface area contributed by atoms with Crippen molar-refractivity contribution in [2.24, 2.45) is 0 Å². The first kappa shape index (κ1) is 16.1. The highest BCUT2D eigenvalue weighted by Crippen LogP contribution is 2.23. The molecule has 122 valence electrons. The number of hydrogen-bond donors (Lipinski definition) is 2. The third-order valence-electron chi connectivity index (χ3n) is 4.81. The Morgan fingerprint density at radius 1 is 1.00 bits per heavy atom. The van der Waals surface area contributed by atoms with E-state index in [1.807, 2.05) is 35.2 Å². The van der Waals surface area contributed by atoms with Crippen molar-refractivity contribution in [2.45, 2.75) is 31.3 Å². The van der Waals surface area contributed by atoms with Gasteiger partial charge in [-0.05, 0) is 37.0 Å². The maximum atomic E-state index is 12.7. The van der Waals surface area contributed by atoms with Gasteiger partial charge in [0.25, 0.3) is 5.91 Å². The van der Waals surface area contributed by atoms with Crippen LogP contribution in [0.15, 0.2) is 42.5 Å². The first-order valence-corrected chi connectivity index (χ1v) is 8.09. The highest BCUT2D eigenvalue weighted by molar-refractivity contribution is 5.93. The average molecular weight is 332 g/mol. The highest BCUT2D eigenvalue weighted by Gasteiger charge is 2.31. The smallest absolute Gasteiger partial charge is 0.270 e. The van der Waals surface area contributed by atoms with Gasteiger partial charge in [-0.2, -0.15) is 0 Å². The fraction of sp³-hybridized carbons (Fsp3) is 0.389. The van der Waals surface area contributed by atoms with Gasteiger partial charge >= 0.3 is 0 Å². The van der Waals surface area contributed by atoms with Crippen molar-refractivity contribution in [3.8, 4) is 11.3 Å². The Kier molecular flexibility index (Phi) is 4.74. The van der Waals surface area contributed by atoms with Gasteiger partial charge in [0.15, 0.2) is 0 Å². The summed E-state index contributed by atoms with van der Waals surface area (Å²) in [6.45, 7) is 1.68. The van der Waals surface area contributed by atoms with E-state index in [9.17, 15) is 4.79 Å². The third kappa shape index (κ3) is 3.28. The number of fused-ring (bicyclic) bond motifs is 2. The van der Waals surface area contributed by atoms with Crippen LogP contribution in [0.2, 0.25) is 0 Å². The van der Waals surface area contributed by atoms with E-state index in [2.05, 4.69) is 22.4 Å². The molecule has 2 aliphatic heterocycles. The molecule has 2 N–H and O–H groups in total. The van der Waals surface area contributed by atoms with Gasteiger partial charge in [-0.25, -0.2) is 0 Å². The van der Waals surface area contributed by atoms with Crippen LogP contribution in [0.4, 0.5) is 0 Å². The van der Waals surface area contributed by atoms with Crippen molar-refractivity contribution in [1.29, 1.82) is 0 Å². The van der Waals surface area contributed by atoms with Crippen LogP contribution >= 0.6 is 12.4 Å². The molecule has 2 unspecified atom stereocenters. The molecule has 0 spiro atoms. The number of benzene rings is 1. The standard InChI is InChI=1S/C18H21N3O.ClH/c22-18(21-11-10-14-6-7-15(12-21)19-14)17-9-8-16(20-17)13-4-2-1-3-5-13;/h1-5,8-9,14-15,19-20H,6-7,10-12H2;1H. The lowest BCUT2D eigenvalue weighted by molar-refractivity contribution is 0.0743. The number of nitrogens with zero attached hydrogens (tertiary/aromatic N) is 1. The van der Waals surface area contributed by atoms with Crippen LogP contribution in [-0.2, 0) is 0 Å². The molecule has 0 radical (unpaired) electrons. The molecule has 5 heteroatoms. The van der Waals surface area contributed by atoms with E-state index in [4.69, 9.17) is 0 Å². The van der Waals surface area contributed by atoms with E-state index in [0.29, 0.717) is 17.8 Å². The predicted molar refractivity (Wildman–Crippen MR) is 93.9 cm³/mol. The van der Waals surface area contributed by atoms with Crippen LogP contribution in [0.25, 0.3) is 11.3 Å². The average Bonchev–Trinajstić information content (AvgIpc) is 3.14. The highest BCUT2D eigenvalue weighted by atomic mass is 35.5. The van der Waals surface area contributed by atoms with Crippen molar-refractivity contribution in [1.82, 2.24) is 15.2 Å². The number of halogens is 1. The summed E-state index contributed by atoms with van der Waals surface area (Å²) < 4.78 is 0. The number of H-pyrrole nitrogens is 1. The zero-order valence-electron chi connectivity index (χ0n) is 13.0. The van der Waals surface area contributed by atoms with Gasteiger partial charge in [0.2, 0.25) is 0 Å². The number of hydrogen-bond acceptors (Lipinski definition) is 2. The van der Waals surface area contributed by atoms with E-state index >= 15 is 0 Å². The molecule has 0 aliphatic carbocycles. The summed E-state index contributed by atoms with van der Waals surface area (Å²) >= 11 is 0. The molecular weight excluding hydrogens is 310 g/mol. The van der Waals surface area contributed by atoms with Gasteiger partial charge in [-0.1, -0.05) is 30.3 Å². The Bertz CT molecular complexity index is 670. The maximum Gasteiger partial charge on any atom is 0.270 e.